The van der Waals surface area contributed by atoms with E-state index in [2.05, 4.69) is 39.4 Å². The molecule has 3 N–H and O–H groups in total. The van der Waals surface area contributed by atoms with E-state index in [9.17, 15) is 5.11 Å². The average Bonchev–Trinajstić information content (AvgIpc) is 2.24. The van der Waals surface area contributed by atoms with E-state index in [-0.39, 0.29) is 5.28 Å². The molecule has 1 rings (SSSR count). The minimum Gasteiger partial charge on any atom is -0.388 e. The Morgan fingerprint density at radius 3 is 2.32 bits per heavy atom. The van der Waals surface area contributed by atoms with Gasteiger partial charge < -0.3 is 15.7 Å². The second-order valence-corrected chi connectivity index (χ2v) is 5.57. The Bertz CT molecular complexity index is 411. The van der Waals surface area contributed by atoms with Crippen molar-refractivity contribution in [2.45, 2.75) is 39.7 Å². The molecule has 0 spiro atoms. The number of rotatable bonds is 7. The number of nitrogens with zero attached hydrogens (tertiary/aromatic N) is 3. The van der Waals surface area contributed by atoms with E-state index >= 15 is 0 Å². The van der Waals surface area contributed by atoms with E-state index in [1.807, 2.05) is 6.92 Å². The van der Waals surface area contributed by atoms with Gasteiger partial charge in [-0.3, -0.25) is 0 Å². The van der Waals surface area contributed by atoms with E-state index in [4.69, 9.17) is 11.6 Å². The van der Waals surface area contributed by atoms with Gasteiger partial charge in [0, 0.05) is 13.1 Å². The van der Waals surface area contributed by atoms with Crippen molar-refractivity contribution in [2.75, 3.05) is 23.7 Å². The van der Waals surface area contributed by atoms with Crippen LogP contribution in [0.1, 0.15) is 34.1 Å². The van der Waals surface area contributed by atoms with E-state index in [1.54, 1.807) is 6.92 Å². The largest absolute Gasteiger partial charge is 0.388 e. The lowest BCUT2D eigenvalue weighted by atomic mass is 9.94. The molecule has 1 aromatic rings. The maximum Gasteiger partial charge on any atom is 0.228 e. The quantitative estimate of drug-likeness (QED) is 0.713. The summed E-state index contributed by atoms with van der Waals surface area (Å²) in [5.74, 6) is 1.20. The predicted octanol–water partition coefficient (Wildman–Crippen LogP) is 2.17. The lowest BCUT2D eigenvalue weighted by Gasteiger charge is -2.25. The molecule has 19 heavy (non-hydrogen) atoms. The molecule has 0 aromatic carbocycles. The molecule has 1 atom stereocenters. The molecule has 108 valence electrons. The van der Waals surface area contributed by atoms with Gasteiger partial charge in [-0.1, -0.05) is 13.8 Å². The highest BCUT2D eigenvalue weighted by molar-refractivity contribution is 6.28. The Balaban J connectivity index is 2.66. The van der Waals surface area contributed by atoms with E-state index in [0.717, 1.165) is 0 Å². The molecule has 0 aliphatic carbocycles. The summed E-state index contributed by atoms with van der Waals surface area (Å²) in [6, 6.07) is 0. The van der Waals surface area contributed by atoms with Gasteiger partial charge in [0.2, 0.25) is 17.2 Å². The molecule has 0 aliphatic heterocycles. The molecular formula is C12H22ClN5O. The highest BCUT2D eigenvalue weighted by atomic mass is 35.5. The summed E-state index contributed by atoms with van der Waals surface area (Å²) in [4.78, 5) is 12.1. The fourth-order valence-corrected chi connectivity index (χ4v) is 2.05. The Morgan fingerprint density at radius 1 is 1.21 bits per heavy atom. The zero-order chi connectivity index (χ0) is 14.5. The molecule has 0 aliphatic rings. The van der Waals surface area contributed by atoms with Gasteiger partial charge in [-0.05, 0) is 37.8 Å². The van der Waals surface area contributed by atoms with Crippen molar-refractivity contribution in [1.82, 2.24) is 15.0 Å². The van der Waals surface area contributed by atoms with Gasteiger partial charge in [0.05, 0.1) is 5.60 Å². The molecular weight excluding hydrogens is 266 g/mol. The number of aromatic nitrogens is 3. The fraction of sp³-hybridized carbons (Fsp3) is 0.750. The minimum absolute atomic E-state index is 0.122. The molecule has 0 saturated heterocycles. The van der Waals surface area contributed by atoms with E-state index in [0.29, 0.717) is 37.3 Å². The van der Waals surface area contributed by atoms with Crippen molar-refractivity contribution >= 4 is 23.5 Å². The van der Waals surface area contributed by atoms with Crippen LogP contribution in [0.4, 0.5) is 11.9 Å². The first kappa shape index (κ1) is 15.9. The SMILES string of the molecule is CCNc1nc(Cl)nc(NCC(C)(O)CC(C)C)n1. The Hall–Kier alpha value is -1.14. The smallest absolute Gasteiger partial charge is 0.228 e. The first-order valence-electron chi connectivity index (χ1n) is 6.44. The molecule has 0 fully saturated rings. The van der Waals surface area contributed by atoms with Crippen LogP contribution in [-0.4, -0.2) is 38.7 Å². The lowest BCUT2D eigenvalue weighted by molar-refractivity contribution is 0.0514. The number of hydrogen-bond acceptors (Lipinski definition) is 6. The van der Waals surface area contributed by atoms with Crippen molar-refractivity contribution in [3.05, 3.63) is 5.28 Å². The predicted molar refractivity (Wildman–Crippen MR) is 77.6 cm³/mol. The van der Waals surface area contributed by atoms with Gasteiger partial charge in [0.15, 0.2) is 0 Å². The second kappa shape index (κ2) is 6.86. The van der Waals surface area contributed by atoms with Gasteiger partial charge >= 0.3 is 0 Å². The Kier molecular flexibility index (Phi) is 5.75. The maximum atomic E-state index is 10.2. The van der Waals surface area contributed by atoms with Crippen LogP contribution in [0.25, 0.3) is 0 Å². The normalized spacial score (nSPS) is 14.3. The summed E-state index contributed by atoms with van der Waals surface area (Å²) < 4.78 is 0. The lowest BCUT2D eigenvalue weighted by Crippen LogP contribution is -2.35. The first-order chi connectivity index (χ1) is 8.82. The topological polar surface area (TPSA) is 83.0 Å². The maximum absolute atomic E-state index is 10.2. The minimum atomic E-state index is -0.814. The van der Waals surface area contributed by atoms with Crippen LogP contribution in [0.5, 0.6) is 0 Å². The van der Waals surface area contributed by atoms with Gasteiger partial charge in [0.25, 0.3) is 0 Å². The summed E-state index contributed by atoms with van der Waals surface area (Å²) in [5.41, 5.74) is -0.814. The molecule has 0 bridgehead atoms. The molecule has 0 radical (unpaired) electrons. The number of anilines is 2. The van der Waals surface area contributed by atoms with Crippen LogP contribution in [0.15, 0.2) is 0 Å². The summed E-state index contributed by atoms with van der Waals surface area (Å²) in [6.45, 7) is 8.92. The van der Waals surface area contributed by atoms with Crippen molar-refractivity contribution in [1.29, 1.82) is 0 Å². The highest BCUT2D eigenvalue weighted by Gasteiger charge is 2.22. The molecule has 0 amide bonds. The molecule has 6 nitrogen and oxygen atoms in total. The monoisotopic (exact) mass is 287 g/mol. The fourth-order valence-electron chi connectivity index (χ4n) is 1.89. The summed E-state index contributed by atoms with van der Waals surface area (Å²) in [6.07, 6.45) is 0.693. The zero-order valence-corrected chi connectivity index (χ0v) is 12.6. The molecule has 0 saturated carbocycles. The van der Waals surface area contributed by atoms with Crippen LogP contribution >= 0.6 is 11.6 Å². The van der Waals surface area contributed by atoms with E-state index < -0.39 is 5.60 Å². The van der Waals surface area contributed by atoms with Crippen LogP contribution in [0, 0.1) is 5.92 Å². The Labute approximate surface area is 119 Å². The van der Waals surface area contributed by atoms with Crippen LogP contribution in [0.3, 0.4) is 0 Å². The molecule has 1 heterocycles. The van der Waals surface area contributed by atoms with Crippen molar-refractivity contribution < 1.29 is 5.11 Å². The van der Waals surface area contributed by atoms with Gasteiger partial charge in [0.1, 0.15) is 0 Å². The summed E-state index contributed by atoms with van der Waals surface area (Å²) in [7, 11) is 0. The highest BCUT2D eigenvalue weighted by Crippen LogP contribution is 2.17. The standard InChI is InChI=1S/C12H22ClN5O/c1-5-14-10-16-9(13)17-11(18-10)15-7-12(4,19)6-8(2)3/h8,19H,5-7H2,1-4H3,(H2,14,15,16,17,18). The number of halogens is 1. The van der Waals surface area contributed by atoms with Crippen molar-refractivity contribution in [3.63, 3.8) is 0 Å². The number of nitrogens with one attached hydrogen (secondary N) is 2. The van der Waals surface area contributed by atoms with Gasteiger partial charge in [-0.25, -0.2) is 0 Å². The number of hydrogen-bond donors (Lipinski definition) is 3. The third-order valence-corrected chi connectivity index (χ3v) is 2.59. The Morgan fingerprint density at radius 2 is 1.79 bits per heavy atom. The van der Waals surface area contributed by atoms with E-state index in [1.165, 1.54) is 0 Å². The molecule has 7 heteroatoms. The van der Waals surface area contributed by atoms with Crippen molar-refractivity contribution in [3.8, 4) is 0 Å². The van der Waals surface area contributed by atoms with Gasteiger partial charge in [-0.2, -0.15) is 15.0 Å². The summed E-state index contributed by atoms with van der Waals surface area (Å²) in [5, 5.41) is 16.3. The molecule has 1 unspecified atom stereocenters. The molecule has 1 aromatic heterocycles. The first-order valence-corrected chi connectivity index (χ1v) is 6.82. The second-order valence-electron chi connectivity index (χ2n) is 5.23. The van der Waals surface area contributed by atoms with Crippen LogP contribution in [0.2, 0.25) is 5.28 Å². The van der Waals surface area contributed by atoms with Gasteiger partial charge in [-0.15, -0.1) is 0 Å². The van der Waals surface area contributed by atoms with Crippen LogP contribution < -0.4 is 10.6 Å². The van der Waals surface area contributed by atoms with Crippen molar-refractivity contribution in [2.24, 2.45) is 5.92 Å². The average molecular weight is 288 g/mol. The van der Waals surface area contributed by atoms with Crippen LogP contribution in [-0.2, 0) is 0 Å². The summed E-state index contributed by atoms with van der Waals surface area (Å²) >= 11 is 5.82. The third kappa shape index (κ3) is 6.02. The number of aliphatic hydroxyl groups is 1. The third-order valence-electron chi connectivity index (χ3n) is 2.42. The zero-order valence-electron chi connectivity index (χ0n) is 11.9.